The quantitative estimate of drug-likeness (QED) is 0.657. The molecule has 0 atom stereocenters. The Morgan fingerprint density at radius 3 is 3.04 bits per heavy atom. The third kappa shape index (κ3) is 2.57. The van der Waals surface area contributed by atoms with E-state index in [4.69, 9.17) is 4.74 Å². The lowest BCUT2D eigenvalue weighted by molar-refractivity contribution is 0.0948. The van der Waals surface area contributed by atoms with E-state index in [-0.39, 0.29) is 5.91 Å². The number of carbonyl (C=O) groups excluding carboxylic acids is 1. The highest BCUT2D eigenvalue weighted by atomic mass is 16.5. The number of fused-ring (bicyclic) bond motifs is 2. The molecule has 1 aromatic carbocycles. The van der Waals surface area contributed by atoms with E-state index in [0.29, 0.717) is 36.7 Å². The molecule has 0 spiro atoms. The van der Waals surface area contributed by atoms with Crippen LogP contribution in [0.5, 0.6) is 5.75 Å². The van der Waals surface area contributed by atoms with Gasteiger partial charge in [-0.2, -0.15) is 5.10 Å². The molecule has 3 heterocycles. The lowest BCUT2D eigenvalue weighted by Gasteiger charge is -2.12. The first-order valence-electron chi connectivity index (χ1n) is 7.38. The largest absolute Gasteiger partial charge is 0.491 e. The number of amides is 1. The number of hydrogen-bond donors (Lipinski definition) is 2. The second-order valence-electron chi connectivity index (χ2n) is 5.20. The Kier molecular flexibility index (Phi) is 3.30. The van der Waals surface area contributed by atoms with Crippen molar-refractivity contribution in [1.29, 1.82) is 0 Å². The van der Waals surface area contributed by atoms with Crippen molar-refractivity contribution in [3.8, 4) is 5.75 Å². The zero-order chi connectivity index (χ0) is 15.6. The Labute approximate surface area is 132 Å². The molecule has 7 heteroatoms. The molecule has 23 heavy (non-hydrogen) atoms. The third-order valence-corrected chi connectivity index (χ3v) is 3.69. The molecule has 4 rings (SSSR count). The maximum absolute atomic E-state index is 12.3. The molecule has 1 aliphatic rings. The molecule has 2 aromatic heterocycles. The zero-order valence-electron chi connectivity index (χ0n) is 12.3. The van der Waals surface area contributed by atoms with Gasteiger partial charge in [0, 0.05) is 18.3 Å². The molecule has 2 N–H and O–H groups in total. The fraction of sp³-hybridized carbons (Fsp3) is 0.188. The molecule has 0 fully saturated rings. The highest BCUT2D eigenvalue weighted by molar-refractivity contribution is 5.99. The summed E-state index contributed by atoms with van der Waals surface area (Å²) in [4.78, 5) is 16.8. The molecule has 1 aliphatic heterocycles. The molecular weight excluding hydrogens is 294 g/mol. The third-order valence-electron chi connectivity index (χ3n) is 3.69. The van der Waals surface area contributed by atoms with Crippen LogP contribution >= 0.6 is 0 Å². The van der Waals surface area contributed by atoms with E-state index in [2.05, 4.69) is 20.7 Å². The standard InChI is InChI=1S/C16H15N5O2/c22-16-12-10-19-21-7-5-14(20-15(12)21)18-9-11-3-1-2-4-13(11)23-8-6-17-16/h1-5,7,10H,6,8-9H2,(H,17,22)(H,18,20). The Morgan fingerprint density at radius 2 is 2.09 bits per heavy atom. The van der Waals surface area contributed by atoms with Crippen LogP contribution in [0.3, 0.4) is 0 Å². The van der Waals surface area contributed by atoms with Crippen LogP contribution in [0.2, 0.25) is 0 Å². The minimum atomic E-state index is -0.208. The number of anilines is 1. The van der Waals surface area contributed by atoms with E-state index in [1.54, 1.807) is 10.7 Å². The molecule has 116 valence electrons. The van der Waals surface area contributed by atoms with E-state index in [0.717, 1.165) is 11.3 Å². The van der Waals surface area contributed by atoms with Gasteiger partial charge in [-0.25, -0.2) is 9.50 Å². The number of rotatable bonds is 0. The normalized spacial score (nSPS) is 14.7. The Balaban J connectivity index is 1.75. The van der Waals surface area contributed by atoms with Gasteiger partial charge in [-0.05, 0) is 12.1 Å². The van der Waals surface area contributed by atoms with Gasteiger partial charge in [0.2, 0.25) is 0 Å². The van der Waals surface area contributed by atoms with E-state index < -0.39 is 0 Å². The van der Waals surface area contributed by atoms with Gasteiger partial charge in [0.25, 0.3) is 5.91 Å². The van der Waals surface area contributed by atoms with Crippen LogP contribution in [0.15, 0.2) is 42.7 Å². The molecular formula is C16H15N5O2. The maximum Gasteiger partial charge on any atom is 0.256 e. The van der Waals surface area contributed by atoms with Crippen molar-refractivity contribution in [2.45, 2.75) is 6.54 Å². The number of aromatic nitrogens is 3. The summed E-state index contributed by atoms with van der Waals surface area (Å²) in [5.41, 5.74) is 2.01. The summed E-state index contributed by atoms with van der Waals surface area (Å²) in [6.45, 7) is 1.40. The van der Waals surface area contributed by atoms with Crippen molar-refractivity contribution in [1.82, 2.24) is 19.9 Å². The van der Waals surface area contributed by atoms with Gasteiger partial charge < -0.3 is 15.4 Å². The van der Waals surface area contributed by atoms with Crippen molar-refractivity contribution < 1.29 is 9.53 Å². The first kappa shape index (κ1) is 13.6. The second kappa shape index (κ2) is 5.60. The van der Waals surface area contributed by atoms with Gasteiger partial charge in [-0.3, -0.25) is 4.79 Å². The highest BCUT2D eigenvalue weighted by Crippen LogP contribution is 2.20. The van der Waals surface area contributed by atoms with Gasteiger partial charge in [-0.15, -0.1) is 0 Å². The van der Waals surface area contributed by atoms with Crippen LogP contribution in [0.25, 0.3) is 5.65 Å². The summed E-state index contributed by atoms with van der Waals surface area (Å²) >= 11 is 0. The Hall–Kier alpha value is -3.09. The predicted molar refractivity (Wildman–Crippen MR) is 84.6 cm³/mol. The minimum Gasteiger partial charge on any atom is -0.491 e. The summed E-state index contributed by atoms with van der Waals surface area (Å²) in [5, 5.41) is 10.2. The molecule has 0 saturated heterocycles. The number of nitrogens with one attached hydrogen (secondary N) is 2. The monoisotopic (exact) mass is 309 g/mol. The zero-order valence-corrected chi connectivity index (χ0v) is 12.3. The van der Waals surface area contributed by atoms with E-state index in [1.807, 2.05) is 30.3 Å². The average Bonchev–Trinajstić information content (AvgIpc) is 3.00. The van der Waals surface area contributed by atoms with Crippen molar-refractivity contribution in [3.63, 3.8) is 0 Å². The molecule has 3 aromatic rings. The smallest absolute Gasteiger partial charge is 0.256 e. The van der Waals surface area contributed by atoms with Crippen molar-refractivity contribution >= 4 is 17.4 Å². The number of hydrogen-bond acceptors (Lipinski definition) is 5. The van der Waals surface area contributed by atoms with E-state index in [9.17, 15) is 4.79 Å². The van der Waals surface area contributed by atoms with Crippen molar-refractivity contribution in [3.05, 3.63) is 53.9 Å². The van der Waals surface area contributed by atoms with Gasteiger partial charge in [-0.1, -0.05) is 18.2 Å². The summed E-state index contributed by atoms with van der Waals surface area (Å²) in [5.74, 6) is 1.28. The van der Waals surface area contributed by atoms with Crippen molar-refractivity contribution in [2.24, 2.45) is 0 Å². The first-order chi connectivity index (χ1) is 11.3. The molecule has 2 bridgehead atoms. The molecule has 7 nitrogen and oxygen atoms in total. The lowest BCUT2D eigenvalue weighted by Crippen LogP contribution is -2.28. The minimum absolute atomic E-state index is 0.208. The van der Waals surface area contributed by atoms with Gasteiger partial charge >= 0.3 is 0 Å². The van der Waals surface area contributed by atoms with E-state index in [1.165, 1.54) is 6.20 Å². The number of nitrogens with zero attached hydrogens (tertiary/aromatic N) is 3. The summed E-state index contributed by atoms with van der Waals surface area (Å²) in [7, 11) is 0. The topological polar surface area (TPSA) is 80.5 Å². The average molecular weight is 309 g/mol. The fourth-order valence-electron chi connectivity index (χ4n) is 2.52. The summed E-state index contributed by atoms with van der Waals surface area (Å²) in [6, 6.07) is 9.64. The van der Waals surface area contributed by atoms with E-state index >= 15 is 0 Å². The van der Waals surface area contributed by atoms with Crippen LogP contribution in [0.1, 0.15) is 15.9 Å². The van der Waals surface area contributed by atoms with Crippen LogP contribution < -0.4 is 15.4 Å². The number of ether oxygens (including phenoxy) is 1. The Bertz CT molecular complexity index is 874. The molecule has 0 saturated carbocycles. The van der Waals surface area contributed by atoms with Crippen LogP contribution in [-0.2, 0) is 6.54 Å². The Morgan fingerprint density at radius 1 is 1.17 bits per heavy atom. The highest BCUT2D eigenvalue weighted by Gasteiger charge is 2.15. The van der Waals surface area contributed by atoms with Crippen LogP contribution in [0.4, 0.5) is 5.82 Å². The van der Waals surface area contributed by atoms with Gasteiger partial charge in [0.15, 0.2) is 5.65 Å². The molecule has 0 aliphatic carbocycles. The molecule has 0 unspecified atom stereocenters. The maximum atomic E-state index is 12.3. The number of benzene rings is 1. The summed E-state index contributed by atoms with van der Waals surface area (Å²) in [6.07, 6.45) is 3.31. The van der Waals surface area contributed by atoms with Crippen LogP contribution in [-0.4, -0.2) is 33.7 Å². The van der Waals surface area contributed by atoms with Gasteiger partial charge in [0.05, 0.1) is 12.7 Å². The van der Waals surface area contributed by atoms with Crippen molar-refractivity contribution in [2.75, 3.05) is 18.5 Å². The first-order valence-corrected chi connectivity index (χ1v) is 7.38. The predicted octanol–water partition coefficient (Wildman–Crippen LogP) is 1.46. The second-order valence-corrected chi connectivity index (χ2v) is 5.20. The number of carbonyl (C=O) groups is 1. The molecule has 1 amide bonds. The molecule has 0 radical (unpaired) electrons. The van der Waals surface area contributed by atoms with Gasteiger partial charge in [0.1, 0.15) is 23.7 Å². The van der Waals surface area contributed by atoms with Crippen LogP contribution in [0, 0.1) is 0 Å². The SMILES string of the molecule is O=C1NCCOc2ccccc2CNc2ccn3ncc1c3n2. The number of para-hydroxylation sites is 1. The fourth-order valence-corrected chi connectivity index (χ4v) is 2.52. The summed E-state index contributed by atoms with van der Waals surface area (Å²) < 4.78 is 7.35. The lowest BCUT2D eigenvalue weighted by atomic mass is 10.2.